The average Bonchev–Trinajstić information content (AvgIpc) is 2.89. The fraction of sp³-hybridized carbons (Fsp3) is 0.516. The van der Waals surface area contributed by atoms with Gasteiger partial charge in [-0.3, -0.25) is 14.4 Å². The van der Waals surface area contributed by atoms with E-state index in [0.29, 0.717) is 72.8 Å². The molecule has 0 amide bonds. The highest BCUT2D eigenvalue weighted by Gasteiger charge is 2.38. The average molecular weight is 541 g/mol. The van der Waals surface area contributed by atoms with Crippen LogP contribution in [-0.2, 0) is 17.6 Å². The Kier molecular flexibility index (Phi) is 10.5. The van der Waals surface area contributed by atoms with E-state index in [0.717, 1.165) is 18.4 Å². The molecule has 1 aliphatic rings. The van der Waals surface area contributed by atoms with Crippen molar-refractivity contribution in [3.05, 3.63) is 46.5 Å². The number of hydrogen-bond acceptors (Lipinski definition) is 8. The molecule has 0 radical (unpaired) electrons. The minimum Gasteiger partial charge on any atom is -0.507 e. The quantitative estimate of drug-likeness (QED) is 0.227. The second-order valence-electron chi connectivity index (χ2n) is 10.3. The Hall–Kier alpha value is -3.39. The first kappa shape index (κ1) is 30.2. The highest BCUT2D eigenvalue weighted by atomic mass is 16.5. The summed E-state index contributed by atoms with van der Waals surface area (Å²) in [4.78, 5) is 36.4. The van der Waals surface area contributed by atoms with E-state index in [1.807, 2.05) is 26.8 Å². The maximum absolute atomic E-state index is 13.0. The number of phenols is 1. The van der Waals surface area contributed by atoms with Crippen molar-refractivity contribution in [1.82, 2.24) is 0 Å². The van der Waals surface area contributed by atoms with Gasteiger partial charge in [0.1, 0.15) is 35.2 Å². The van der Waals surface area contributed by atoms with E-state index >= 15 is 0 Å². The summed E-state index contributed by atoms with van der Waals surface area (Å²) in [7, 11) is 0. The van der Waals surface area contributed by atoms with Gasteiger partial charge in [-0.1, -0.05) is 26.7 Å². The van der Waals surface area contributed by atoms with Gasteiger partial charge in [0.2, 0.25) is 0 Å². The molecule has 0 spiro atoms. The van der Waals surface area contributed by atoms with E-state index in [-0.39, 0.29) is 35.9 Å². The lowest BCUT2D eigenvalue weighted by atomic mass is 9.86. The molecule has 0 aliphatic carbocycles. The minimum absolute atomic E-state index is 0.0151. The smallest absolute Gasteiger partial charge is 0.170 e. The van der Waals surface area contributed by atoms with Gasteiger partial charge < -0.3 is 24.4 Å². The normalized spacial score (nSPS) is 16.4. The molecule has 0 saturated heterocycles. The number of Topliss-reactive ketones (excluding diaryl/α,β-unsaturated/α-hetero) is 3. The highest BCUT2D eigenvalue weighted by Crippen LogP contribution is 2.42. The summed E-state index contributed by atoms with van der Waals surface area (Å²) in [6.07, 6.45) is 4.12. The maximum Gasteiger partial charge on any atom is 0.170 e. The molecule has 1 unspecified atom stereocenters. The zero-order chi connectivity index (χ0) is 28.6. The van der Waals surface area contributed by atoms with Gasteiger partial charge in [-0.15, -0.1) is 0 Å². The van der Waals surface area contributed by atoms with Crippen LogP contribution in [0.4, 0.5) is 0 Å². The number of carbonyl (C=O) groups excluding carboxylic acids is 3. The van der Waals surface area contributed by atoms with Crippen molar-refractivity contribution in [2.24, 2.45) is 0 Å². The topological polar surface area (TPSA) is 119 Å². The van der Waals surface area contributed by atoms with Crippen molar-refractivity contribution in [1.29, 1.82) is 0 Å². The van der Waals surface area contributed by atoms with E-state index in [1.54, 1.807) is 18.2 Å². The second kappa shape index (κ2) is 13.6. The summed E-state index contributed by atoms with van der Waals surface area (Å²) >= 11 is 0. The first-order valence-corrected chi connectivity index (χ1v) is 13.8. The number of phenolic OH excluding ortho intramolecular Hbond substituents is 1. The van der Waals surface area contributed by atoms with Gasteiger partial charge in [0.15, 0.2) is 17.3 Å². The van der Waals surface area contributed by atoms with Crippen LogP contribution >= 0.6 is 0 Å². The monoisotopic (exact) mass is 540 g/mol. The predicted molar refractivity (Wildman–Crippen MR) is 147 cm³/mol. The minimum atomic E-state index is -0.830. The number of aliphatic hydroxyl groups excluding tert-OH is 1. The Labute approximate surface area is 230 Å². The van der Waals surface area contributed by atoms with Crippen molar-refractivity contribution in [3.8, 4) is 23.0 Å². The summed E-state index contributed by atoms with van der Waals surface area (Å²) < 4.78 is 18.4. The number of rotatable bonds is 15. The zero-order valence-electron chi connectivity index (χ0n) is 23.4. The number of aromatic hydroxyl groups is 1. The Morgan fingerprint density at radius 2 is 1.62 bits per heavy atom. The molecular formula is C31H40O8. The maximum atomic E-state index is 13.0. The number of carbonyl (C=O) groups is 3. The summed E-state index contributed by atoms with van der Waals surface area (Å²) in [5.41, 5.74) is 1.46. The van der Waals surface area contributed by atoms with Crippen LogP contribution in [0.15, 0.2) is 24.3 Å². The van der Waals surface area contributed by atoms with Crippen LogP contribution in [0, 0.1) is 0 Å². The highest BCUT2D eigenvalue weighted by molar-refractivity contribution is 6.01. The number of ketones is 3. The standard InChI is InChI=1S/C31H40O8/c1-5-8-24-27(12-10-22(20(3)33)29(24)36)37-16-7-17-38-28-13-11-23-26(35)18-31(4,15-14-21(34)19-32)39-30(23)25(28)9-6-2/h10-13,32,36H,5-9,14-19H2,1-4H3. The lowest BCUT2D eigenvalue weighted by Gasteiger charge is -2.36. The van der Waals surface area contributed by atoms with Gasteiger partial charge in [-0.05, 0) is 57.4 Å². The molecule has 1 aliphatic heterocycles. The summed E-state index contributed by atoms with van der Waals surface area (Å²) in [6, 6.07) is 6.85. The van der Waals surface area contributed by atoms with Crippen molar-refractivity contribution in [3.63, 3.8) is 0 Å². The van der Waals surface area contributed by atoms with Crippen molar-refractivity contribution < 1.29 is 38.8 Å². The molecule has 2 N–H and O–H groups in total. The van der Waals surface area contributed by atoms with E-state index in [1.165, 1.54) is 6.92 Å². The molecule has 8 nitrogen and oxygen atoms in total. The van der Waals surface area contributed by atoms with Crippen molar-refractivity contribution in [2.45, 2.75) is 84.7 Å². The Morgan fingerprint density at radius 3 is 2.23 bits per heavy atom. The van der Waals surface area contributed by atoms with E-state index in [4.69, 9.17) is 19.3 Å². The van der Waals surface area contributed by atoms with Gasteiger partial charge in [-0.25, -0.2) is 0 Å². The SMILES string of the molecule is CCCc1c(OCCCOc2ccc3c(c2CCC)OC(C)(CCC(=O)CO)CC3=O)ccc(C(C)=O)c1O. The molecule has 0 aromatic heterocycles. The first-order chi connectivity index (χ1) is 18.6. The Balaban J connectivity index is 1.69. The summed E-state index contributed by atoms with van der Waals surface area (Å²) in [5.74, 6) is 1.21. The molecule has 1 heterocycles. The Bertz CT molecular complexity index is 1200. The molecule has 2 aromatic carbocycles. The number of benzene rings is 2. The van der Waals surface area contributed by atoms with Crippen LogP contribution in [0.2, 0.25) is 0 Å². The summed E-state index contributed by atoms with van der Waals surface area (Å²) in [6.45, 7) is 7.50. The van der Waals surface area contributed by atoms with E-state index in [2.05, 4.69) is 0 Å². The molecule has 3 rings (SSSR count). The van der Waals surface area contributed by atoms with Crippen LogP contribution in [0.3, 0.4) is 0 Å². The molecular weight excluding hydrogens is 500 g/mol. The largest absolute Gasteiger partial charge is 0.507 e. The van der Waals surface area contributed by atoms with Crippen LogP contribution in [0.5, 0.6) is 23.0 Å². The second-order valence-corrected chi connectivity index (χ2v) is 10.3. The lowest BCUT2D eigenvalue weighted by Crippen LogP contribution is -2.40. The van der Waals surface area contributed by atoms with Gasteiger partial charge in [0, 0.05) is 24.0 Å². The van der Waals surface area contributed by atoms with E-state index in [9.17, 15) is 19.5 Å². The third kappa shape index (κ3) is 7.38. The third-order valence-electron chi connectivity index (χ3n) is 6.93. The zero-order valence-corrected chi connectivity index (χ0v) is 23.4. The number of hydrogen-bond donors (Lipinski definition) is 2. The number of aliphatic hydroxyl groups is 1. The lowest BCUT2D eigenvalue weighted by molar-refractivity contribution is -0.122. The van der Waals surface area contributed by atoms with Crippen LogP contribution in [-0.4, -0.2) is 53.0 Å². The van der Waals surface area contributed by atoms with E-state index < -0.39 is 12.2 Å². The fourth-order valence-corrected chi connectivity index (χ4v) is 4.86. The van der Waals surface area contributed by atoms with Gasteiger partial charge in [0.05, 0.1) is 30.8 Å². The van der Waals surface area contributed by atoms with Crippen LogP contribution < -0.4 is 14.2 Å². The predicted octanol–water partition coefficient (Wildman–Crippen LogP) is 5.41. The molecule has 0 saturated carbocycles. The van der Waals surface area contributed by atoms with Crippen LogP contribution in [0.25, 0.3) is 0 Å². The first-order valence-electron chi connectivity index (χ1n) is 13.8. The van der Waals surface area contributed by atoms with Gasteiger partial charge >= 0.3 is 0 Å². The molecule has 39 heavy (non-hydrogen) atoms. The number of fused-ring (bicyclic) bond motifs is 1. The third-order valence-corrected chi connectivity index (χ3v) is 6.93. The van der Waals surface area contributed by atoms with Crippen molar-refractivity contribution >= 4 is 17.3 Å². The number of ether oxygens (including phenoxy) is 3. The fourth-order valence-electron chi connectivity index (χ4n) is 4.86. The van der Waals surface area contributed by atoms with Gasteiger partial charge in [0.25, 0.3) is 0 Å². The molecule has 212 valence electrons. The van der Waals surface area contributed by atoms with Crippen LogP contribution in [0.1, 0.15) is 98.1 Å². The van der Waals surface area contributed by atoms with Gasteiger partial charge in [-0.2, -0.15) is 0 Å². The Morgan fingerprint density at radius 1 is 1.00 bits per heavy atom. The molecule has 1 atom stereocenters. The summed E-state index contributed by atoms with van der Waals surface area (Å²) in [5, 5.41) is 19.6. The molecule has 2 aromatic rings. The van der Waals surface area contributed by atoms with Crippen molar-refractivity contribution in [2.75, 3.05) is 19.8 Å². The molecule has 0 fully saturated rings. The molecule has 0 bridgehead atoms. The molecule has 8 heteroatoms.